The second-order valence-corrected chi connectivity index (χ2v) is 6.89. The van der Waals surface area contributed by atoms with Gasteiger partial charge in [0.25, 0.3) is 0 Å². The highest BCUT2D eigenvalue weighted by Crippen LogP contribution is 2.36. The van der Waals surface area contributed by atoms with Crippen molar-refractivity contribution in [1.82, 2.24) is 15.8 Å². The first-order chi connectivity index (χ1) is 9.80. The molecule has 0 radical (unpaired) electrons. The van der Waals surface area contributed by atoms with Crippen molar-refractivity contribution in [3.05, 3.63) is 29.8 Å². The van der Waals surface area contributed by atoms with E-state index in [0.29, 0.717) is 0 Å². The molecular weight excluding hydrogens is 265 g/mol. The standard InChI is InChI=1S/C15H24BN3O2/c1-14(2)15(3,4)21-16(20-14)12-8-6-11(7-9-12)13-18-17-10-19(13)5/h6-9,13,17-18H,10H2,1-5H3. The molecule has 5 nitrogen and oxygen atoms in total. The summed E-state index contributed by atoms with van der Waals surface area (Å²) in [6.45, 7) is 9.13. The highest BCUT2D eigenvalue weighted by atomic mass is 16.7. The molecule has 1 aromatic rings. The van der Waals surface area contributed by atoms with Crippen molar-refractivity contribution in [2.75, 3.05) is 13.7 Å². The summed E-state index contributed by atoms with van der Waals surface area (Å²) in [4.78, 5) is 2.21. The number of hydrogen-bond acceptors (Lipinski definition) is 5. The van der Waals surface area contributed by atoms with Crippen molar-refractivity contribution in [3.8, 4) is 0 Å². The maximum Gasteiger partial charge on any atom is 0.494 e. The van der Waals surface area contributed by atoms with Crippen LogP contribution in [-0.4, -0.2) is 36.9 Å². The lowest BCUT2D eigenvalue weighted by molar-refractivity contribution is 0.00578. The molecule has 0 saturated carbocycles. The SMILES string of the molecule is CN1CNNC1c1ccc(B2OC(C)(C)C(C)(C)O2)cc1. The van der Waals surface area contributed by atoms with Gasteiger partial charge >= 0.3 is 7.12 Å². The normalized spacial score (nSPS) is 28.2. The molecule has 0 spiro atoms. The van der Waals surface area contributed by atoms with Gasteiger partial charge in [0.1, 0.15) is 0 Å². The Labute approximate surface area is 127 Å². The molecule has 0 aliphatic carbocycles. The zero-order valence-corrected chi connectivity index (χ0v) is 13.4. The van der Waals surface area contributed by atoms with E-state index in [0.717, 1.165) is 12.1 Å². The predicted octanol–water partition coefficient (Wildman–Crippen LogP) is 0.982. The van der Waals surface area contributed by atoms with Gasteiger partial charge in [-0.15, -0.1) is 0 Å². The number of nitrogens with one attached hydrogen (secondary N) is 2. The van der Waals surface area contributed by atoms with Gasteiger partial charge in [0.2, 0.25) is 0 Å². The minimum atomic E-state index is -0.298. The fraction of sp³-hybridized carbons (Fsp3) is 0.600. The largest absolute Gasteiger partial charge is 0.494 e. The Morgan fingerprint density at radius 1 is 1.10 bits per heavy atom. The van der Waals surface area contributed by atoms with E-state index in [1.807, 2.05) is 0 Å². The van der Waals surface area contributed by atoms with Crippen LogP contribution in [0.15, 0.2) is 24.3 Å². The molecule has 3 rings (SSSR count). The smallest absolute Gasteiger partial charge is 0.399 e. The first-order valence-electron chi connectivity index (χ1n) is 7.44. The van der Waals surface area contributed by atoms with Gasteiger partial charge < -0.3 is 9.31 Å². The van der Waals surface area contributed by atoms with Gasteiger partial charge in [0, 0.05) is 0 Å². The Hall–Kier alpha value is -0.915. The zero-order valence-electron chi connectivity index (χ0n) is 13.4. The summed E-state index contributed by atoms with van der Waals surface area (Å²) < 4.78 is 12.2. The molecule has 1 atom stereocenters. The van der Waals surface area contributed by atoms with Gasteiger partial charge in [0.05, 0.1) is 24.0 Å². The van der Waals surface area contributed by atoms with Crippen LogP contribution in [0.5, 0.6) is 0 Å². The molecule has 0 aromatic heterocycles. The lowest BCUT2D eigenvalue weighted by Crippen LogP contribution is -2.41. The van der Waals surface area contributed by atoms with E-state index in [1.165, 1.54) is 5.56 Å². The van der Waals surface area contributed by atoms with Gasteiger partial charge in [0.15, 0.2) is 0 Å². The van der Waals surface area contributed by atoms with Gasteiger partial charge in [-0.2, -0.15) is 0 Å². The highest BCUT2D eigenvalue weighted by Gasteiger charge is 2.51. The van der Waals surface area contributed by atoms with Crippen molar-refractivity contribution < 1.29 is 9.31 Å². The quantitative estimate of drug-likeness (QED) is 0.795. The molecule has 0 amide bonds. The molecule has 2 N–H and O–H groups in total. The monoisotopic (exact) mass is 289 g/mol. The van der Waals surface area contributed by atoms with Crippen LogP contribution >= 0.6 is 0 Å². The van der Waals surface area contributed by atoms with Crippen molar-refractivity contribution in [3.63, 3.8) is 0 Å². The molecule has 1 aromatic carbocycles. The molecule has 114 valence electrons. The Morgan fingerprint density at radius 2 is 1.67 bits per heavy atom. The average molecular weight is 289 g/mol. The third kappa shape index (κ3) is 2.62. The van der Waals surface area contributed by atoms with Crippen LogP contribution < -0.4 is 16.3 Å². The average Bonchev–Trinajstić information content (AvgIpc) is 2.92. The van der Waals surface area contributed by atoms with Crippen molar-refractivity contribution in [1.29, 1.82) is 0 Å². The van der Waals surface area contributed by atoms with Crippen molar-refractivity contribution in [2.24, 2.45) is 0 Å². The number of rotatable bonds is 2. The second-order valence-electron chi connectivity index (χ2n) is 6.89. The van der Waals surface area contributed by atoms with Crippen LogP contribution in [0, 0.1) is 0 Å². The molecular formula is C15H24BN3O2. The van der Waals surface area contributed by atoms with Crippen molar-refractivity contribution >= 4 is 12.6 Å². The minimum Gasteiger partial charge on any atom is -0.399 e. The third-order valence-corrected chi connectivity index (χ3v) is 4.79. The predicted molar refractivity (Wildman–Crippen MR) is 83.8 cm³/mol. The van der Waals surface area contributed by atoms with Gasteiger partial charge in [-0.05, 0) is 45.8 Å². The summed E-state index contributed by atoms with van der Waals surface area (Å²) in [6.07, 6.45) is 0.206. The van der Waals surface area contributed by atoms with Crippen LogP contribution in [-0.2, 0) is 9.31 Å². The first-order valence-corrected chi connectivity index (χ1v) is 7.44. The Morgan fingerprint density at radius 3 is 2.14 bits per heavy atom. The molecule has 2 saturated heterocycles. The van der Waals surface area contributed by atoms with Crippen LogP contribution in [0.1, 0.15) is 39.4 Å². The Kier molecular flexibility index (Phi) is 3.62. The molecule has 1 unspecified atom stereocenters. The Balaban J connectivity index is 1.76. The number of nitrogens with zero attached hydrogens (tertiary/aromatic N) is 1. The van der Waals surface area contributed by atoms with Crippen LogP contribution in [0.4, 0.5) is 0 Å². The molecule has 2 aliphatic rings. The van der Waals surface area contributed by atoms with E-state index in [2.05, 4.69) is 74.8 Å². The summed E-state index contributed by atoms with van der Waals surface area (Å²) in [5.41, 5.74) is 8.08. The summed E-state index contributed by atoms with van der Waals surface area (Å²) >= 11 is 0. The molecule has 2 fully saturated rings. The van der Waals surface area contributed by atoms with E-state index in [4.69, 9.17) is 9.31 Å². The highest BCUT2D eigenvalue weighted by molar-refractivity contribution is 6.62. The molecule has 2 aliphatic heterocycles. The summed E-state index contributed by atoms with van der Waals surface area (Å²) in [7, 11) is 1.79. The first kappa shape index (κ1) is 15.0. The van der Waals surface area contributed by atoms with E-state index in [1.54, 1.807) is 0 Å². The Bertz CT molecular complexity index is 502. The van der Waals surface area contributed by atoms with Crippen LogP contribution in [0.2, 0.25) is 0 Å². The van der Waals surface area contributed by atoms with E-state index in [-0.39, 0.29) is 24.5 Å². The van der Waals surface area contributed by atoms with Crippen molar-refractivity contribution in [2.45, 2.75) is 45.1 Å². The number of hydrogen-bond donors (Lipinski definition) is 2. The summed E-state index contributed by atoms with van der Waals surface area (Å²) in [6, 6.07) is 8.43. The van der Waals surface area contributed by atoms with Crippen LogP contribution in [0.25, 0.3) is 0 Å². The number of hydrazine groups is 1. The topological polar surface area (TPSA) is 45.8 Å². The fourth-order valence-electron chi connectivity index (χ4n) is 2.62. The molecule has 0 bridgehead atoms. The molecule has 2 heterocycles. The van der Waals surface area contributed by atoms with Gasteiger partial charge in [-0.3, -0.25) is 4.90 Å². The lowest BCUT2D eigenvalue weighted by Gasteiger charge is -2.32. The van der Waals surface area contributed by atoms with Crippen LogP contribution in [0.3, 0.4) is 0 Å². The van der Waals surface area contributed by atoms with E-state index >= 15 is 0 Å². The minimum absolute atomic E-state index is 0.206. The lowest BCUT2D eigenvalue weighted by atomic mass is 9.79. The zero-order chi connectivity index (χ0) is 15.3. The summed E-state index contributed by atoms with van der Waals surface area (Å²) in [5.74, 6) is 0. The molecule has 6 heteroatoms. The number of benzene rings is 1. The molecule has 21 heavy (non-hydrogen) atoms. The van der Waals surface area contributed by atoms with E-state index < -0.39 is 0 Å². The van der Waals surface area contributed by atoms with Gasteiger partial charge in [-0.25, -0.2) is 10.9 Å². The third-order valence-electron chi connectivity index (χ3n) is 4.79. The maximum atomic E-state index is 6.08. The summed E-state index contributed by atoms with van der Waals surface area (Å²) in [5, 5.41) is 0. The fourth-order valence-corrected chi connectivity index (χ4v) is 2.62. The maximum absolute atomic E-state index is 6.08. The second kappa shape index (κ2) is 5.07. The van der Waals surface area contributed by atoms with Gasteiger partial charge in [-0.1, -0.05) is 24.3 Å². The van der Waals surface area contributed by atoms with E-state index in [9.17, 15) is 0 Å².